The number of rotatable bonds is 2. The van der Waals surface area contributed by atoms with E-state index in [1.807, 2.05) is 0 Å². The van der Waals surface area contributed by atoms with E-state index < -0.39 is 23.4 Å². The molecule has 2 nitrogen and oxygen atoms in total. The average molecular weight is 278 g/mol. The number of benzene rings is 1. The van der Waals surface area contributed by atoms with Gasteiger partial charge in [0.25, 0.3) is 0 Å². The molecule has 0 spiro atoms. The lowest BCUT2D eigenvalue weighted by atomic mass is 10.0. The second-order valence-electron chi connectivity index (χ2n) is 4.30. The number of hydrogen-bond acceptors (Lipinski definition) is 1. The highest BCUT2D eigenvalue weighted by Gasteiger charge is 2.52. The van der Waals surface area contributed by atoms with Gasteiger partial charge in [0, 0.05) is 12.2 Å². The SMILES string of the molecule is O=C1N(c2ccccc2)CC[C@]1(Cl)CC(F)(F)F. The molecule has 1 aliphatic rings. The molecule has 0 aliphatic carbocycles. The Morgan fingerprint density at radius 1 is 1.28 bits per heavy atom. The van der Waals surface area contributed by atoms with Gasteiger partial charge in [-0.15, -0.1) is 11.6 Å². The number of hydrogen-bond donors (Lipinski definition) is 0. The second-order valence-corrected chi connectivity index (χ2v) is 5.02. The summed E-state index contributed by atoms with van der Waals surface area (Å²) in [6.07, 6.45) is -5.73. The van der Waals surface area contributed by atoms with Crippen molar-refractivity contribution in [1.82, 2.24) is 0 Å². The summed E-state index contributed by atoms with van der Waals surface area (Å²) in [4.78, 5) is 11.5. The Balaban J connectivity index is 2.19. The van der Waals surface area contributed by atoms with Gasteiger partial charge in [0.05, 0.1) is 6.42 Å². The van der Waals surface area contributed by atoms with Crippen molar-refractivity contribution in [3.05, 3.63) is 30.3 Å². The van der Waals surface area contributed by atoms with Crippen molar-refractivity contribution in [3.63, 3.8) is 0 Å². The van der Waals surface area contributed by atoms with Crippen LogP contribution in [0.1, 0.15) is 12.8 Å². The molecule has 98 valence electrons. The van der Waals surface area contributed by atoms with Crippen molar-refractivity contribution in [2.24, 2.45) is 0 Å². The Morgan fingerprint density at radius 3 is 2.44 bits per heavy atom. The summed E-state index contributed by atoms with van der Waals surface area (Å²) in [5.41, 5.74) is 0.576. The normalized spacial score (nSPS) is 24.7. The summed E-state index contributed by atoms with van der Waals surface area (Å²) in [5.74, 6) is -0.673. The quantitative estimate of drug-likeness (QED) is 0.759. The highest BCUT2D eigenvalue weighted by Crippen LogP contribution is 2.41. The molecule has 1 aromatic rings. The minimum absolute atomic E-state index is 0.00178. The molecule has 0 unspecified atom stereocenters. The van der Waals surface area contributed by atoms with Crippen molar-refractivity contribution >= 4 is 23.2 Å². The largest absolute Gasteiger partial charge is 0.391 e. The van der Waals surface area contributed by atoms with Gasteiger partial charge in [-0.25, -0.2) is 0 Å². The molecule has 18 heavy (non-hydrogen) atoms. The minimum Gasteiger partial charge on any atom is -0.311 e. The summed E-state index contributed by atoms with van der Waals surface area (Å²) >= 11 is 5.84. The number of amides is 1. The van der Waals surface area contributed by atoms with Gasteiger partial charge in [-0.3, -0.25) is 4.79 Å². The number of carbonyl (C=O) groups excluding carboxylic acids is 1. The summed E-state index contributed by atoms with van der Waals surface area (Å²) in [6.45, 7) is 0.211. The molecular formula is C12H11ClF3NO. The molecule has 1 saturated heterocycles. The van der Waals surface area contributed by atoms with Crippen molar-refractivity contribution < 1.29 is 18.0 Å². The fraction of sp³-hybridized carbons (Fsp3) is 0.417. The summed E-state index contributed by atoms with van der Waals surface area (Å²) in [6, 6.07) is 8.57. The van der Waals surface area contributed by atoms with Gasteiger partial charge in [-0.1, -0.05) is 18.2 Å². The number of nitrogens with zero attached hydrogens (tertiary/aromatic N) is 1. The maximum atomic E-state index is 12.4. The van der Waals surface area contributed by atoms with Crippen LogP contribution in [0.3, 0.4) is 0 Å². The van der Waals surface area contributed by atoms with Gasteiger partial charge in [-0.2, -0.15) is 13.2 Å². The Morgan fingerprint density at radius 2 is 1.89 bits per heavy atom. The number of carbonyl (C=O) groups is 1. The van der Waals surface area contributed by atoms with Gasteiger partial charge in [0.2, 0.25) is 5.91 Å². The number of anilines is 1. The van der Waals surface area contributed by atoms with Crippen LogP contribution in [0.25, 0.3) is 0 Å². The topological polar surface area (TPSA) is 20.3 Å². The Hall–Kier alpha value is -1.23. The molecule has 0 radical (unpaired) electrons. The van der Waals surface area contributed by atoms with Crippen LogP contribution in [-0.2, 0) is 4.79 Å². The molecule has 0 N–H and O–H groups in total. The third-order valence-electron chi connectivity index (χ3n) is 2.91. The summed E-state index contributed by atoms with van der Waals surface area (Å²) < 4.78 is 37.2. The summed E-state index contributed by atoms with van der Waals surface area (Å²) in [7, 11) is 0. The molecule has 0 bridgehead atoms. The lowest BCUT2D eigenvalue weighted by molar-refractivity contribution is -0.148. The molecule has 1 fully saturated rings. The Labute approximate surface area is 107 Å². The highest BCUT2D eigenvalue weighted by molar-refractivity contribution is 6.38. The van der Waals surface area contributed by atoms with Crippen LogP contribution < -0.4 is 4.90 Å². The van der Waals surface area contributed by atoms with Gasteiger partial charge in [-0.05, 0) is 18.6 Å². The van der Waals surface area contributed by atoms with Crippen LogP contribution in [0.15, 0.2) is 30.3 Å². The van der Waals surface area contributed by atoms with Crippen molar-refractivity contribution in [2.75, 3.05) is 11.4 Å². The standard InChI is InChI=1S/C12H11ClF3NO/c13-11(8-12(14,15)16)6-7-17(10(11)18)9-4-2-1-3-5-9/h1-5H,6-8H2/t11-/m0/s1. The van der Waals surface area contributed by atoms with E-state index in [0.717, 1.165) is 0 Å². The van der Waals surface area contributed by atoms with E-state index in [0.29, 0.717) is 5.69 Å². The molecule has 0 saturated carbocycles. The fourth-order valence-electron chi connectivity index (χ4n) is 2.08. The van der Waals surface area contributed by atoms with Crippen LogP contribution in [0.5, 0.6) is 0 Å². The van der Waals surface area contributed by atoms with E-state index in [2.05, 4.69) is 0 Å². The molecule has 0 aromatic heterocycles. The molecule has 1 heterocycles. The first-order chi connectivity index (χ1) is 8.32. The van der Waals surface area contributed by atoms with Crippen LogP contribution in [-0.4, -0.2) is 23.5 Å². The molecule has 1 aromatic carbocycles. The third-order valence-corrected chi connectivity index (χ3v) is 3.39. The van der Waals surface area contributed by atoms with Gasteiger partial charge >= 0.3 is 6.18 Å². The zero-order chi connectivity index (χ0) is 13.4. The van der Waals surface area contributed by atoms with Crippen LogP contribution in [0.4, 0.5) is 18.9 Å². The molecule has 1 aliphatic heterocycles. The van der Waals surface area contributed by atoms with Crippen LogP contribution >= 0.6 is 11.6 Å². The number of halogens is 4. The van der Waals surface area contributed by atoms with Crippen molar-refractivity contribution in [2.45, 2.75) is 23.9 Å². The molecule has 2 rings (SSSR count). The average Bonchev–Trinajstić information content (AvgIpc) is 2.54. The van der Waals surface area contributed by atoms with Gasteiger partial charge in [0.1, 0.15) is 4.87 Å². The second kappa shape index (κ2) is 4.46. The summed E-state index contributed by atoms with van der Waals surface area (Å²) in [5, 5.41) is 0. The zero-order valence-electron chi connectivity index (χ0n) is 9.38. The molecule has 1 atom stereocenters. The van der Waals surface area contributed by atoms with Gasteiger partial charge < -0.3 is 4.90 Å². The maximum absolute atomic E-state index is 12.4. The van der Waals surface area contributed by atoms with E-state index in [-0.39, 0.29) is 13.0 Å². The first-order valence-corrected chi connectivity index (χ1v) is 5.82. The zero-order valence-corrected chi connectivity index (χ0v) is 10.1. The fourth-order valence-corrected chi connectivity index (χ4v) is 2.41. The Bertz CT molecular complexity index is 448. The first-order valence-electron chi connectivity index (χ1n) is 5.44. The lowest BCUT2D eigenvalue weighted by Gasteiger charge is -2.22. The first kappa shape index (κ1) is 13.2. The third kappa shape index (κ3) is 2.61. The van der Waals surface area contributed by atoms with E-state index in [1.54, 1.807) is 30.3 Å². The predicted molar refractivity (Wildman–Crippen MR) is 62.7 cm³/mol. The van der Waals surface area contributed by atoms with E-state index in [1.165, 1.54) is 4.90 Å². The van der Waals surface area contributed by atoms with E-state index >= 15 is 0 Å². The van der Waals surface area contributed by atoms with Crippen molar-refractivity contribution in [1.29, 1.82) is 0 Å². The number of alkyl halides is 4. The maximum Gasteiger partial charge on any atom is 0.391 e. The van der Waals surface area contributed by atoms with Crippen LogP contribution in [0, 0.1) is 0 Å². The highest BCUT2D eigenvalue weighted by atomic mass is 35.5. The minimum atomic E-state index is -4.44. The molecule has 6 heteroatoms. The molecular weight excluding hydrogens is 267 g/mol. The van der Waals surface area contributed by atoms with Crippen LogP contribution in [0.2, 0.25) is 0 Å². The smallest absolute Gasteiger partial charge is 0.311 e. The molecule has 1 amide bonds. The monoisotopic (exact) mass is 277 g/mol. The van der Waals surface area contributed by atoms with E-state index in [9.17, 15) is 18.0 Å². The predicted octanol–water partition coefficient (Wildman–Crippen LogP) is 3.35. The lowest BCUT2D eigenvalue weighted by Crippen LogP contribution is -2.39. The Kier molecular flexibility index (Phi) is 3.27. The van der Waals surface area contributed by atoms with Gasteiger partial charge in [0.15, 0.2) is 0 Å². The van der Waals surface area contributed by atoms with Crippen molar-refractivity contribution in [3.8, 4) is 0 Å². The number of para-hydroxylation sites is 1. The van der Waals surface area contributed by atoms with E-state index in [4.69, 9.17) is 11.6 Å².